The van der Waals surface area contributed by atoms with E-state index in [0.29, 0.717) is 16.3 Å². The van der Waals surface area contributed by atoms with Crippen molar-refractivity contribution in [3.8, 4) is 0 Å². The third kappa shape index (κ3) is 5.34. The summed E-state index contributed by atoms with van der Waals surface area (Å²) in [4.78, 5) is 12.0. The fourth-order valence-electron chi connectivity index (χ4n) is 1.82. The summed E-state index contributed by atoms with van der Waals surface area (Å²) in [6.45, 7) is 3.13. The molecule has 0 aliphatic heterocycles. The Morgan fingerprint density at radius 1 is 1.35 bits per heavy atom. The number of aromatic nitrogens is 1. The van der Waals surface area contributed by atoms with Crippen LogP contribution in [-0.2, 0) is 20.6 Å². The lowest BCUT2D eigenvalue weighted by atomic mass is 10.2. The summed E-state index contributed by atoms with van der Waals surface area (Å²) in [5, 5.41) is 6.61. The summed E-state index contributed by atoms with van der Waals surface area (Å²) in [6.07, 6.45) is 0. The van der Waals surface area contributed by atoms with Crippen molar-refractivity contribution in [1.82, 2.24) is 9.88 Å². The quantitative estimate of drug-likeness (QED) is 0.824. The van der Waals surface area contributed by atoms with Gasteiger partial charge in [0.05, 0.1) is 11.8 Å². The standard InChI is InChI=1S/C14H16ClN3O4S/c1-9-7-13(17-22-9)16-14(19)10(2)18-23(20,21)8-11-3-5-12(15)6-4-11/h3-7,10,18H,8H2,1-2H3,(H,16,17,19)/t10-/m0/s1. The molecule has 0 spiro atoms. The van der Waals surface area contributed by atoms with Gasteiger partial charge in [-0.1, -0.05) is 28.9 Å². The molecule has 0 aliphatic rings. The SMILES string of the molecule is Cc1cc(NC(=O)[C@H](C)NS(=O)(=O)Cc2ccc(Cl)cc2)no1. The van der Waals surface area contributed by atoms with Gasteiger partial charge in [-0.3, -0.25) is 4.79 Å². The number of hydrogen-bond donors (Lipinski definition) is 2. The molecule has 0 unspecified atom stereocenters. The summed E-state index contributed by atoms with van der Waals surface area (Å²) >= 11 is 5.76. The first kappa shape index (κ1) is 17.5. The van der Waals surface area contributed by atoms with E-state index in [4.69, 9.17) is 16.1 Å². The van der Waals surface area contributed by atoms with Crippen molar-refractivity contribution in [3.05, 3.63) is 46.7 Å². The van der Waals surface area contributed by atoms with Crippen LogP contribution in [0.4, 0.5) is 5.82 Å². The fraction of sp³-hybridized carbons (Fsp3) is 0.286. The van der Waals surface area contributed by atoms with Crippen LogP contribution in [0.5, 0.6) is 0 Å². The molecule has 0 saturated carbocycles. The second-order valence-corrected chi connectivity index (χ2v) is 7.23. The molecule has 2 aromatic rings. The predicted octanol–water partition coefficient (Wildman–Crippen LogP) is 2.08. The molecule has 0 radical (unpaired) electrons. The lowest BCUT2D eigenvalue weighted by Crippen LogP contribution is -2.42. The van der Waals surface area contributed by atoms with Crippen molar-refractivity contribution < 1.29 is 17.7 Å². The molecule has 0 fully saturated rings. The summed E-state index contributed by atoms with van der Waals surface area (Å²) in [6, 6.07) is 7.02. The molecule has 2 N–H and O–H groups in total. The molecular formula is C14H16ClN3O4S. The highest BCUT2D eigenvalue weighted by Crippen LogP contribution is 2.12. The Hall–Kier alpha value is -1.90. The number of sulfonamides is 1. The van der Waals surface area contributed by atoms with Gasteiger partial charge >= 0.3 is 0 Å². The number of nitrogens with one attached hydrogen (secondary N) is 2. The van der Waals surface area contributed by atoms with Crippen molar-refractivity contribution in [2.45, 2.75) is 25.6 Å². The Morgan fingerprint density at radius 3 is 2.57 bits per heavy atom. The first-order valence-corrected chi connectivity index (χ1v) is 8.77. The van der Waals surface area contributed by atoms with Gasteiger partial charge in [-0.05, 0) is 31.5 Å². The minimum atomic E-state index is -3.68. The van der Waals surface area contributed by atoms with Crippen LogP contribution in [-0.4, -0.2) is 25.5 Å². The van der Waals surface area contributed by atoms with Gasteiger partial charge in [0.25, 0.3) is 0 Å². The molecule has 9 heteroatoms. The minimum Gasteiger partial charge on any atom is -0.360 e. The van der Waals surface area contributed by atoms with Crippen LogP contribution in [0.3, 0.4) is 0 Å². The molecule has 124 valence electrons. The maximum atomic E-state index is 12.1. The third-order valence-corrected chi connectivity index (χ3v) is 4.58. The molecule has 1 atom stereocenters. The maximum Gasteiger partial charge on any atom is 0.243 e. The lowest BCUT2D eigenvalue weighted by molar-refractivity contribution is -0.117. The van der Waals surface area contributed by atoms with E-state index in [0.717, 1.165) is 0 Å². The molecule has 0 saturated heterocycles. The van der Waals surface area contributed by atoms with Gasteiger partial charge < -0.3 is 9.84 Å². The van der Waals surface area contributed by atoms with Gasteiger partial charge in [0.1, 0.15) is 5.76 Å². The van der Waals surface area contributed by atoms with E-state index < -0.39 is 22.0 Å². The number of hydrogen-bond acceptors (Lipinski definition) is 5. The molecule has 1 aromatic heterocycles. The zero-order valence-corrected chi connectivity index (χ0v) is 14.1. The molecule has 7 nitrogen and oxygen atoms in total. The van der Waals surface area contributed by atoms with Crippen LogP contribution < -0.4 is 10.0 Å². The van der Waals surface area contributed by atoms with Crippen molar-refractivity contribution >= 4 is 33.3 Å². The zero-order chi connectivity index (χ0) is 17.0. The maximum absolute atomic E-state index is 12.1. The number of nitrogens with zero attached hydrogens (tertiary/aromatic N) is 1. The van der Waals surface area contributed by atoms with Gasteiger partial charge in [0.2, 0.25) is 15.9 Å². The lowest BCUT2D eigenvalue weighted by Gasteiger charge is -2.13. The van der Waals surface area contributed by atoms with E-state index in [2.05, 4.69) is 15.2 Å². The number of benzene rings is 1. The van der Waals surface area contributed by atoms with Crippen molar-refractivity contribution in [3.63, 3.8) is 0 Å². The summed E-state index contributed by atoms with van der Waals surface area (Å²) < 4.78 is 31.3. The van der Waals surface area contributed by atoms with Crippen LogP contribution in [0.25, 0.3) is 0 Å². The van der Waals surface area contributed by atoms with Crippen LogP contribution in [0.1, 0.15) is 18.2 Å². The monoisotopic (exact) mass is 357 g/mol. The highest BCUT2D eigenvalue weighted by molar-refractivity contribution is 7.88. The largest absolute Gasteiger partial charge is 0.360 e. The molecule has 1 aromatic carbocycles. The van der Waals surface area contributed by atoms with Crippen molar-refractivity contribution in [2.75, 3.05) is 5.32 Å². The van der Waals surface area contributed by atoms with Crippen LogP contribution in [0, 0.1) is 6.92 Å². The average molecular weight is 358 g/mol. The van der Waals surface area contributed by atoms with Gasteiger partial charge in [0, 0.05) is 11.1 Å². The Kier molecular flexibility index (Phi) is 5.40. The first-order valence-electron chi connectivity index (χ1n) is 6.74. The number of halogens is 1. The van der Waals surface area contributed by atoms with E-state index in [-0.39, 0.29) is 11.6 Å². The van der Waals surface area contributed by atoms with Crippen molar-refractivity contribution in [2.24, 2.45) is 0 Å². The number of carbonyl (C=O) groups is 1. The van der Waals surface area contributed by atoms with Gasteiger partial charge in [-0.15, -0.1) is 0 Å². The smallest absolute Gasteiger partial charge is 0.243 e. The highest BCUT2D eigenvalue weighted by atomic mass is 35.5. The summed E-state index contributed by atoms with van der Waals surface area (Å²) in [5.74, 6) is -0.00398. The number of aryl methyl sites for hydroxylation is 1. The predicted molar refractivity (Wildman–Crippen MR) is 86.5 cm³/mol. The van der Waals surface area contributed by atoms with E-state index in [1.54, 1.807) is 31.2 Å². The molecule has 1 heterocycles. The van der Waals surface area contributed by atoms with E-state index >= 15 is 0 Å². The first-order chi connectivity index (χ1) is 10.7. The third-order valence-electron chi connectivity index (χ3n) is 2.90. The Balaban J connectivity index is 1.95. The molecule has 23 heavy (non-hydrogen) atoms. The topological polar surface area (TPSA) is 101 Å². The highest BCUT2D eigenvalue weighted by Gasteiger charge is 2.21. The fourth-order valence-corrected chi connectivity index (χ4v) is 3.31. The van der Waals surface area contributed by atoms with E-state index in [1.165, 1.54) is 13.0 Å². The van der Waals surface area contributed by atoms with Gasteiger partial charge in [-0.2, -0.15) is 0 Å². The number of carbonyl (C=O) groups excluding carboxylic acids is 1. The summed E-state index contributed by atoms with van der Waals surface area (Å²) in [5.41, 5.74) is 0.571. The number of rotatable bonds is 6. The average Bonchev–Trinajstić information content (AvgIpc) is 2.86. The van der Waals surface area contributed by atoms with E-state index in [9.17, 15) is 13.2 Å². The Bertz CT molecular complexity index is 787. The Labute approximate surface area is 139 Å². The number of anilines is 1. The van der Waals surface area contributed by atoms with E-state index in [1.807, 2.05) is 0 Å². The van der Waals surface area contributed by atoms with Crippen molar-refractivity contribution in [1.29, 1.82) is 0 Å². The zero-order valence-electron chi connectivity index (χ0n) is 12.5. The Morgan fingerprint density at radius 2 is 2.00 bits per heavy atom. The van der Waals surface area contributed by atoms with Crippen LogP contribution >= 0.6 is 11.6 Å². The molecule has 1 amide bonds. The molecular weight excluding hydrogens is 342 g/mol. The summed E-state index contributed by atoms with van der Waals surface area (Å²) in [7, 11) is -3.68. The second-order valence-electron chi connectivity index (χ2n) is 5.04. The van der Waals surface area contributed by atoms with Gasteiger partial charge in [-0.25, -0.2) is 13.1 Å². The second kappa shape index (κ2) is 7.12. The number of amides is 1. The minimum absolute atomic E-state index is 0.233. The molecule has 0 aliphatic carbocycles. The normalized spacial score (nSPS) is 12.8. The van der Waals surface area contributed by atoms with Crippen LogP contribution in [0.15, 0.2) is 34.9 Å². The van der Waals surface area contributed by atoms with Crippen LogP contribution in [0.2, 0.25) is 5.02 Å². The molecule has 0 bridgehead atoms. The molecule has 2 rings (SSSR count). The van der Waals surface area contributed by atoms with Gasteiger partial charge in [0.15, 0.2) is 5.82 Å².